The average Bonchev–Trinajstić information content (AvgIpc) is 1.31. The molecule has 0 aliphatic heterocycles. The molecule has 0 fully saturated rings. The molecule has 0 amide bonds. The number of aliphatic hydroxyl groups is 1. The normalized spacial score (nSPS) is 12.3. The van der Waals surface area contributed by atoms with Crippen molar-refractivity contribution in [1.82, 2.24) is 0 Å². The molecular weight excluding hydrogens is 83.3 g/mol. The van der Waals surface area contributed by atoms with E-state index in [0.717, 1.165) is 0 Å². The molecule has 0 aromatic heterocycles. The first-order chi connectivity index (χ1) is 2.94. The van der Waals surface area contributed by atoms with Gasteiger partial charge in [-0.05, 0) is 5.40 Å². The Bertz CT molecular complexity index is 55.2. The highest BCUT2D eigenvalue weighted by molar-refractivity contribution is 6.50. The molecule has 0 aliphatic carbocycles. The third kappa shape index (κ3) is 2.86. The molecule has 0 heterocycles. The van der Waals surface area contributed by atoms with Crippen molar-refractivity contribution in [3.05, 3.63) is 0 Å². The van der Waals surface area contributed by atoms with E-state index >= 15 is 0 Å². The lowest BCUT2D eigenvalue weighted by atomic mass is 9.46. The molecule has 0 aromatic rings. The summed E-state index contributed by atoms with van der Waals surface area (Å²) < 4.78 is 0. The molecule has 0 aromatic carbocycles. The summed E-state index contributed by atoms with van der Waals surface area (Å²) in [5, 5.41) is 6.46. The van der Waals surface area contributed by atoms with Crippen LogP contribution in [0.5, 0.6) is 0 Å². The summed E-state index contributed by atoms with van der Waals surface area (Å²) >= 11 is 0. The van der Waals surface area contributed by atoms with Crippen LogP contribution in [0.1, 0.15) is 0 Å². The Morgan fingerprint density at radius 3 is 1.43 bits per heavy atom. The lowest BCUT2D eigenvalue weighted by molar-refractivity contribution is 0.226. The highest BCUT2D eigenvalue weighted by atomic mass is 16.3. The molecule has 7 heavy (non-hydrogen) atoms. The van der Waals surface area contributed by atoms with Gasteiger partial charge in [-0.2, -0.15) is 0 Å². The molecule has 0 spiro atoms. The fourth-order valence-corrected chi connectivity index (χ4v) is 0. The maximum atomic E-state index is 8.40. The Balaban J connectivity index is 3.54. The van der Waals surface area contributed by atoms with Gasteiger partial charge in [0.25, 0.3) is 0 Å². The van der Waals surface area contributed by atoms with Crippen molar-refractivity contribution in [3.8, 4) is 0 Å². The minimum absolute atomic E-state index is 1.09. The minimum Gasteiger partial charge on any atom is -0.410 e. The fraction of sp³-hybridized carbons (Fsp3) is 1.00. The number of hydrogen-bond acceptors (Lipinski definition) is 1. The lowest BCUT2D eigenvalue weighted by Crippen LogP contribution is -2.35. The summed E-state index contributed by atoms with van der Waals surface area (Å²) in [5.41, 5.74) is -1.09. The van der Waals surface area contributed by atoms with Gasteiger partial charge in [0.1, 0.15) is 0 Å². The second-order valence-electron chi connectivity index (χ2n) is 1.41. The van der Waals surface area contributed by atoms with Gasteiger partial charge in [-0.1, -0.05) is 5.72 Å². The van der Waals surface area contributed by atoms with Crippen molar-refractivity contribution in [2.45, 2.75) is 11.1 Å². The largest absolute Gasteiger partial charge is 0.410 e. The topological polar surface area (TPSA) is 20.2 Å². The van der Waals surface area contributed by atoms with Gasteiger partial charge in [-0.3, -0.25) is 0 Å². The van der Waals surface area contributed by atoms with E-state index in [-0.39, 0.29) is 0 Å². The molecule has 0 unspecified atom stereocenters. The summed E-state index contributed by atoms with van der Waals surface area (Å²) in [6.45, 7) is 0. The van der Waals surface area contributed by atoms with Crippen LogP contribution in [0.25, 0.3) is 0 Å². The number of hydrogen-bond donors (Lipinski definition) is 1. The van der Waals surface area contributed by atoms with Gasteiger partial charge in [0.15, 0.2) is 0 Å². The SMILES string of the molecule is [B]C([B])C([B])([B])O. The van der Waals surface area contributed by atoms with Gasteiger partial charge >= 0.3 is 0 Å². The first kappa shape index (κ1) is 7.22. The molecule has 1 N–H and O–H groups in total. The van der Waals surface area contributed by atoms with Crippen LogP contribution in [-0.2, 0) is 0 Å². The maximum absolute atomic E-state index is 8.40. The molecule has 5 heteroatoms. The predicted molar refractivity (Wildman–Crippen MR) is 31.7 cm³/mol. The molecule has 0 aliphatic rings. The monoisotopic (exact) mass is 86.0 g/mol. The Labute approximate surface area is 48.5 Å². The molecule has 0 bridgehead atoms. The van der Waals surface area contributed by atoms with Crippen LogP contribution >= 0.6 is 0 Å². The molecule has 0 saturated carbocycles. The molecule has 1 nitrogen and oxygen atoms in total. The first-order valence-electron chi connectivity index (χ1n) is 1.76. The van der Waals surface area contributed by atoms with Crippen LogP contribution in [0.2, 0.25) is 5.72 Å². The Kier molecular flexibility index (Phi) is 2.06. The van der Waals surface area contributed by atoms with Crippen LogP contribution in [0.15, 0.2) is 0 Å². The van der Waals surface area contributed by atoms with Crippen LogP contribution in [0, 0.1) is 0 Å². The van der Waals surface area contributed by atoms with Gasteiger partial charge < -0.3 is 5.11 Å². The second-order valence-corrected chi connectivity index (χ2v) is 1.41. The van der Waals surface area contributed by atoms with E-state index in [1.54, 1.807) is 0 Å². The molecule has 0 saturated heterocycles. The summed E-state index contributed by atoms with van der Waals surface area (Å²) in [6.07, 6.45) is 0. The average molecular weight is 85.3 g/mol. The van der Waals surface area contributed by atoms with Crippen LogP contribution in [0.4, 0.5) is 0 Å². The van der Waals surface area contributed by atoms with Crippen molar-refractivity contribution >= 4 is 31.4 Å². The van der Waals surface area contributed by atoms with Crippen molar-refractivity contribution < 1.29 is 5.11 Å². The third-order valence-corrected chi connectivity index (χ3v) is 0.534. The van der Waals surface area contributed by atoms with E-state index in [2.05, 4.69) is 0 Å². The molecular formula is C2H2B4O. The smallest absolute Gasteiger partial charge is 0.0973 e. The quantitative estimate of drug-likeness (QED) is 0.367. The van der Waals surface area contributed by atoms with E-state index in [1.165, 1.54) is 0 Å². The summed E-state index contributed by atoms with van der Waals surface area (Å²) in [4.78, 5) is 0. The van der Waals surface area contributed by atoms with E-state index in [4.69, 9.17) is 36.5 Å². The molecule has 0 rings (SSSR count). The molecule has 0 atom stereocenters. The minimum atomic E-state index is -1.94. The zero-order valence-electron chi connectivity index (χ0n) is 3.83. The standard InChI is InChI=1S/C2H2B4O/c3-1(4)2(5,6)7/h1,7H. The van der Waals surface area contributed by atoms with Gasteiger partial charge in [0, 0.05) is 0 Å². The molecule has 8 radical (unpaired) electrons. The first-order valence-corrected chi connectivity index (χ1v) is 1.76. The number of rotatable bonds is 1. The van der Waals surface area contributed by atoms with Crippen LogP contribution in [-0.4, -0.2) is 41.9 Å². The van der Waals surface area contributed by atoms with Crippen LogP contribution in [0.3, 0.4) is 0 Å². The Hall–Kier alpha value is 0.220. The molecule has 28 valence electrons. The zero-order chi connectivity index (χ0) is 6.08. The van der Waals surface area contributed by atoms with Crippen molar-refractivity contribution in [2.24, 2.45) is 0 Å². The summed E-state index contributed by atoms with van der Waals surface area (Å²) in [6, 6.07) is 0. The second kappa shape index (κ2) is 1.99. The zero-order valence-corrected chi connectivity index (χ0v) is 3.83. The fourth-order valence-electron chi connectivity index (χ4n) is 0. The van der Waals surface area contributed by atoms with E-state index in [0.29, 0.717) is 0 Å². The van der Waals surface area contributed by atoms with E-state index in [1.807, 2.05) is 0 Å². The summed E-state index contributed by atoms with van der Waals surface area (Å²) in [7, 11) is 19.2. The van der Waals surface area contributed by atoms with Gasteiger partial charge in [0.2, 0.25) is 0 Å². The van der Waals surface area contributed by atoms with Gasteiger partial charge in [0.05, 0.1) is 31.4 Å². The Morgan fingerprint density at radius 2 is 1.43 bits per heavy atom. The predicted octanol–water partition coefficient (Wildman–Crippen LogP) is -1.95. The van der Waals surface area contributed by atoms with E-state index < -0.39 is 11.1 Å². The van der Waals surface area contributed by atoms with Gasteiger partial charge in [-0.25, -0.2) is 0 Å². The highest BCUT2D eigenvalue weighted by Crippen LogP contribution is 2.05. The highest BCUT2D eigenvalue weighted by Gasteiger charge is 2.14. The Morgan fingerprint density at radius 1 is 1.29 bits per heavy atom. The van der Waals surface area contributed by atoms with Gasteiger partial charge in [-0.15, -0.1) is 0 Å². The van der Waals surface area contributed by atoms with Crippen molar-refractivity contribution in [1.29, 1.82) is 0 Å². The van der Waals surface area contributed by atoms with Crippen molar-refractivity contribution in [3.63, 3.8) is 0 Å². The van der Waals surface area contributed by atoms with Crippen LogP contribution < -0.4 is 0 Å². The van der Waals surface area contributed by atoms with E-state index in [9.17, 15) is 0 Å². The maximum Gasteiger partial charge on any atom is 0.0973 e. The van der Waals surface area contributed by atoms with Crippen molar-refractivity contribution in [2.75, 3.05) is 0 Å². The summed E-state index contributed by atoms with van der Waals surface area (Å²) in [5.74, 6) is 0. The third-order valence-electron chi connectivity index (χ3n) is 0.534. The lowest BCUT2D eigenvalue weighted by Gasteiger charge is -2.23.